The fourth-order valence-electron chi connectivity index (χ4n) is 0.859. The number of hydrogen-bond donors (Lipinski definition) is 0. The van der Waals surface area contributed by atoms with E-state index in [1.54, 1.807) is 12.1 Å². The predicted octanol–water partition coefficient (Wildman–Crippen LogP) is 0.705. The van der Waals surface area contributed by atoms with Crippen LogP contribution in [0, 0.1) is 0 Å². The Morgan fingerprint density at radius 2 is 2.00 bits per heavy atom. The van der Waals surface area contributed by atoms with Gasteiger partial charge >= 0.3 is 26.6 Å². The highest BCUT2D eigenvalue weighted by molar-refractivity contribution is 14.1. The van der Waals surface area contributed by atoms with Crippen LogP contribution in [0.4, 0.5) is 0 Å². The molecule has 0 aliphatic heterocycles. The molecule has 13 heavy (non-hydrogen) atoms. The Bertz CT molecular complexity index is 390. The standard InChI is InChI=1S/C7H7O3S.HI.Mg/c1-11(8,9)10-7-5-3-2-4-6-7;;/h2-5H,1H3;1H;/q;;+1/p-1. The van der Waals surface area contributed by atoms with Gasteiger partial charge in [-0.2, -0.15) is 8.42 Å². The zero-order valence-corrected chi connectivity index (χ0v) is 11.4. The molecular formula is C7H7IMgO3S. The van der Waals surface area contributed by atoms with Crippen molar-refractivity contribution in [2.45, 2.75) is 0 Å². The van der Waals surface area contributed by atoms with E-state index in [-0.39, 0.29) is 0 Å². The molecule has 6 heteroatoms. The molecule has 0 saturated carbocycles. The smallest absolute Gasteiger partial charge is 0.385 e. The van der Waals surface area contributed by atoms with Crippen molar-refractivity contribution in [1.82, 2.24) is 0 Å². The van der Waals surface area contributed by atoms with E-state index < -0.39 is 26.6 Å². The van der Waals surface area contributed by atoms with Crippen LogP contribution in [0.3, 0.4) is 0 Å². The summed E-state index contributed by atoms with van der Waals surface area (Å²) in [6, 6.07) is 7.24. The molecule has 68 valence electrons. The Morgan fingerprint density at radius 3 is 2.54 bits per heavy atom. The van der Waals surface area contributed by atoms with Gasteiger partial charge in [0.05, 0.1) is 6.26 Å². The van der Waals surface area contributed by atoms with Crippen LogP contribution in [0.1, 0.15) is 0 Å². The van der Waals surface area contributed by atoms with Gasteiger partial charge in [0.1, 0.15) is 5.75 Å². The van der Waals surface area contributed by atoms with Crippen LogP contribution in [0.2, 0.25) is 0 Å². The highest BCUT2D eigenvalue weighted by Gasteiger charge is 2.08. The van der Waals surface area contributed by atoms with E-state index >= 15 is 0 Å². The summed E-state index contributed by atoms with van der Waals surface area (Å²) in [4.78, 5) is 0. The van der Waals surface area contributed by atoms with E-state index in [0.29, 0.717) is 5.75 Å². The Labute approximate surface area is 97.1 Å². The highest BCUT2D eigenvalue weighted by Crippen LogP contribution is 2.09. The first kappa shape index (κ1) is 11.5. The fourth-order valence-corrected chi connectivity index (χ4v) is 3.89. The minimum Gasteiger partial charge on any atom is -0.385 e. The van der Waals surface area contributed by atoms with Crippen LogP contribution in [-0.4, -0.2) is 31.2 Å². The van der Waals surface area contributed by atoms with Gasteiger partial charge in [0.2, 0.25) is 0 Å². The van der Waals surface area contributed by atoms with E-state index in [1.165, 1.54) is 0 Å². The lowest BCUT2D eigenvalue weighted by Crippen LogP contribution is -2.16. The third kappa shape index (κ3) is 4.00. The molecule has 0 N–H and O–H groups in total. The van der Waals surface area contributed by atoms with Crippen LogP contribution in [0.25, 0.3) is 0 Å². The Balaban J connectivity index is 3.01. The Hall–Kier alpha value is 0.466. The minimum absolute atomic E-state index is 0.426. The first-order valence-corrected chi connectivity index (χ1v) is 11.2. The summed E-state index contributed by atoms with van der Waals surface area (Å²) in [7, 11) is -3.39. The van der Waals surface area contributed by atoms with Crippen molar-refractivity contribution < 1.29 is 12.6 Å². The summed E-state index contributed by atoms with van der Waals surface area (Å²) in [5.41, 5.74) is 0. The molecule has 1 aromatic rings. The van der Waals surface area contributed by atoms with Crippen molar-refractivity contribution >= 4 is 49.1 Å². The normalized spacial score (nSPS) is 10.6. The van der Waals surface area contributed by atoms with Crippen molar-refractivity contribution in [2.24, 2.45) is 0 Å². The zero-order chi connectivity index (χ0) is 9.90. The first-order valence-electron chi connectivity index (χ1n) is 3.56. The third-order valence-corrected chi connectivity index (χ3v) is 5.18. The van der Waals surface area contributed by atoms with Crippen LogP contribution in [0.5, 0.6) is 5.75 Å². The number of para-hydroxylation sites is 1. The second-order valence-corrected chi connectivity index (χ2v) is 7.42. The summed E-state index contributed by atoms with van der Waals surface area (Å²) >= 11 is 1.87. The Morgan fingerprint density at radius 1 is 1.38 bits per heavy atom. The van der Waals surface area contributed by atoms with Crippen molar-refractivity contribution in [3.63, 3.8) is 0 Å². The molecule has 1 rings (SSSR count). The van der Waals surface area contributed by atoms with Crippen LogP contribution in [-0.2, 0) is 10.1 Å². The van der Waals surface area contributed by atoms with Crippen molar-refractivity contribution in [1.29, 1.82) is 0 Å². The molecule has 0 fully saturated rings. The molecular weight excluding hydrogens is 315 g/mol. The highest BCUT2D eigenvalue weighted by atomic mass is 127. The summed E-state index contributed by atoms with van der Waals surface area (Å²) in [6.07, 6.45) is 1.05. The van der Waals surface area contributed by atoms with Crippen molar-refractivity contribution in [2.75, 3.05) is 6.26 Å². The number of rotatable bonds is 3. The minimum atomic E-state index is -3.39. The van der Waals surface area contributed by atoms with Crippen molar-refractivity contribution in [3.8, 4) is 5.75 Å². The average molecular weight is 322 g/mol. The largest absolute Gasteiger partial charge is 0.508 e. The van der Waals surface area contributed by atoms with Crippen LogP contribution in [0.15, 0.2) is 24.3 Å². The van der Waals surface area contributed by atoms with E-state index in [1.807, 2.05) is 12.1 Å². The molecule has 0 heterocycles. The Kier molecular flexibility index (Phi) is 4.27. The van der Waals surface area contributed by atoms with Gasteiger partial charge in [-0.3, -0.25) is 18.9 Å². The molecule has 0 spiro atoms. The number of benzene rings is 1. The van der Waals surface area contributed by atoms with Gasteiger partial charge in [0, 0.05) is 0 Å². The number of halogens is 1. The molecule has 3 nitrogen and oxygen atoms in total. The van der Waals surface area contributed by atoms with E-state index in [2.05, 4.69) is 18.9 Å². The maximum Gasteiger partial charge on any atom is 0.508 e. The summed E-state index contributed by atoms with van der Waals surface area (Å²) in [6.45, 7) is 0. The van der Waals surface area contributed by atoms with Gasteiger partial charge in [-0.1, -0.05) is 18.2 Å². The lowest BCUT2D eigenvalue weighted by Gasteiger charge is -2.06. The maximum absolute atomic E-state index is 10.9. The molecule has 0 amide bonds. The predicted molar refractivity (Wildman–Crippen MR) is 61.3 cm³/mol. The van der Waals surface area contributed by atoms with E-state index in [4.69, 9.17) is 4.18 Å². The van der Waals surface area contributed by atoms with Gasteiger partial charge in [0.25, 0.3) is 0 Å². The molecule has 0 aliphatic rings. The van der Waals surface area contributed by atoms with E-state index in [9.17, 15) is 8.42 Å². The van der Waals surface area contributed by atoms with Gasteiger partial charge in [-0.15, -0.1) is 3.69 Å². The number of hydrogen-bond acceptors (Lipinski definition) is 3. The molecule has 0 radical (unpaired) electrons. The average Bonchev–Trinajstić information content (AvgIpc) is 2.02. The third-order valence-electron chi connectivity index (χ3n) is 1.36. The zero-order valence-electron chi connectivity index (χ0n) is 7.03. The molecule has 0 unspecified atom stereocenters. The summed E-state index contributed by atoms with van der Waals surface area (Å²) < 4.78 is 27.6. The van der Waals surface area contributed by atoms with Gasteiger partial charge in [-0.05, 0) is 6.07 Å². The molecule has 1 aromatic carbocycles. The van der Waals surface area contributed by atoms with Gasteiger partial charge in [0.15, 0.2) is 0 Å². The van der Waals surface area contributed by atoms with Gasteiger partial charge in [-0.25, -0.2) is 0 Å². The van der Waals surface area contributed by atoms with Crippen LogP contribution < -0.4 is 7.88 Å². The summed E-state index contributed by atoms with van der Waals surface area (Å²) in [5.74, 6) is 0.478. The van der Waals surface area contributed by atoms with Gasteiger partial charge < -0.3 is 4.18 Å². The monoisotopic (exact) mass is 322 g/mol. The quantitative estimate of drug-likeness (QED) is 0.468. The lowest BCUT2D eigenvalue weighted by molar-refractivity contribution is 0.495. The first-order chi connectivity index (χ1) is 6.03. The van der Waals surface area contributed by atoms with Crippen LogP contribution >= 0.6 is 18.9 Å². The van der Waals surface area contributed by atoms with Crippen molar-refractivity contribution in [3.05, 3.63) is 24.3 Å². The topological polar surface area (TPSA) is 43.4 Å². The van der Waals surface area contributed by atoms with E-state index in [0.717, 1.165) is 9.95 Å². The molecule has 0 aromatic heterocycles. The molecule has 0 bridgehead atoms. The second-order valence-electron chi connectivity index (χ2n) is 2.53. The fraction of sp³-hybridized carbons (Fsp3) is 0.143. The molecule has 0 aliphatic carbocycles. The molecule has 0 atom stereocenters. The maximum atomic E-state index is 10.9. The summed E-state index contributed by atoms with van der Waals surface area (Å²) in [5, 5.41) is 0. The SMILES string of the molecule is CS(=O)(=O)Oc1cccc[c]1[Mg][I]. The second kappa shape index (κ2) is 4.81. The lowest BCUT2D eigenvalue weighted by atomic mass is 10.3. The molecule has 0 saturated heterocycles.